The monoisotopic (exact) mass is 876 g/mol. The molecule has 0 bridgehead atoms. The Balaban J connectivity index is 1.39. The van der Waals surface area contributed by atoms with E-state index >= 15 is 0 Å². The predicted octanol–water partition coefficient (Wildman–Crippen LogP) is -0.425. The Morgan fingerprint density at radius 2 is 1.45 bits per heavy atom. The van der Waals surface area contributed by atoms with Gasteiger partial charge < -0.3 is 83.1 Å². The first kappa shape index (κ1) is 45.5. The van der Waals surface area contributed by atoms with Crippen LogP contribution >= 0.6 is 0 Å². The summed E-state index contributed by atoms with van der Waals surface area (Å²) >= 11 is 0. The smallest absolute Gasteiger partial charge is 0.342 e. The van der Waals surface area contributed by atoms with Gasteiger partial charge in [0.15, 0.2) is 41.3 Å². The van der Waals surface area contributed by atoms with Gasteiger partial charge in [0.1, 0.15) is 48.3 Å². The first-order valence-corrected chi connectivity index (χ1v) is 19.0. The first-order valence-electron chi connectivity index (χ1n) is 19.0. The van der Waals surface area contributed by atoms with Crippen LogP contribution in [-0.2, 0) is 57.0 Å². The topological polar surface area (TPSA) is 319 Å². The summed E-state index contributed by atoms with van der Waals surface area (Å²) in [5.41, 5.74) is -0.988. The van der Waals surface area contributed by atoms with Crippen LogP contribution in [0.15, 0.2) is 60.9 Å². The van der Waals surface area contributed by atoms with Gasteiger partial charge in [0.05, 0.1) is 25.0 Å². The summed E-state index contributed by atoms with van der Waals surface area (Å²) in [5, 5.41) is 72.3. The van der Waals surface area contributed by atoms with Gasteiger partial charge in [-0.15, -0.1) is 6.58 Å². The van der Waals surface area contributed by atoms with Crippen LogP contribution in [0, 0.1) is 11.8 Å². The van der Waals surface area contributed by atoms with E-state index in [9.17, 15) is 59.7 Å². The third-order valence-electron chi connectivity index (χ3n) is 10.3. The normalized spacial score (nSPS) is 31.7. The van der Waals surface area contributed by atoms with Crippen molar-refractivity contribution in [1.29, 1.82) is 0 Å². The predicted molar refractivity (Wildman–Crippen MR) is 198 cm³/mol. The Hall–Kier alpha value is -6.01. The van der Waals surface area contributed by atoms with Crippen LogP contribution in [0.4, 0.5) is 0 Å². The summed E-state index contributed by atoms with van der Waals surface area (Å²) in [6.07, 6.45) is -16.8. The molecule has 3 fully saturated rings. The van der Waals surface area contributed by atoms with Gasteiger partial charge in [-0.05, 0) is 30.7 Å². The number of esters is 5. The van der Waals surface area contributed by atoms with Crippen molar-refractivity contribution in [2.24, 2.45) is 11.8 Å². The molecule has 22 nitrogen and oxygen atoms in total. The summed E-state index contributed by atoms with van der Waals surface area (Å²) in [6, 6.07) is 6.71. The van der Waals surface area contributed by atoms with Crippen LogP contribution in [-0.4, -0.2) is 153 Å². The molecule has 3 saturated heterocycles. The minimum absolute atomic E-state index is 0.0615. The maximum absolute atomic E-state index is 14.2. The van der Waals surface area contributed by atoms with E-state index in [1.54, 1.807) is 0 Å². The molecule has 6 rings (SSSR count). The number of aliphatic hydroxyl groups excluding tert-OH is 4. The quantitative estimate of drug-likeness (QED) is 0.0581. The minimum Gasteiger partial charge on any atom is -0.504 e. The molecule has 4 aliphatic rings. The molecule has 0 aliphatic carbocycles. The van der Waals surface area contributed by atoms with Crippen LogP contribution in [0.3, 0.4) is 0 Å². The van der Waals surface area contributed by atoms with E-state index in [-0.39, 0.29) is 12.2 Å². The van der Waals surface area contributed by atoms with Crippen LogP contribution in [0.2, 0.25) is 0 Å². The van der Waals surface area contributed by atoms with Gasteiger partial charge in [-0.25, -0.2) is 14.4 Å². The van der Waals surface area contributed by atoms with E-state index < -0.39 is 157 Å². The van der Waals surface area contributed by atoms with Crippen LogP contribution in [0.25, 0.3) is 0 Å². The van der Waals surface area contributed by atoms with Crippen molar-refractivity contribution in [3.05, 3.63) is 72.0 Å². The average molecular weight is 877 g/mol. The molecule has 0 aromatic heterocycles. The molecular weight excluding hydrogens is 832 g/mol. The van der Waals surface area contributed by atoms with E-state index in [1.165, 1.54) is 18.2 Å². The number of ether oxygens (including phenoxy) is 10. The second-order valence-electron chi connectivity index (χ2n) is 14.4. The number of cyclic esters (lactones) is 1. The molecule has 22 heteroatoms. The Labute approximate surface area is 351 Å². The number of hydrogen-bond donors (Lipinski definition) is 7. The second-order valence-corrected chi connectivity index (χ2v) is 14.4. The zero-order valence-corrected chi connectivity index (χ0v) is 32.9. The molecule has 0 unspecified atom stereocenters. The number of benzene rings is 2. The summed E-state index contributed by atoms with van der Waals surface area (Å²) in [7, 11) is 0. The molecule has 4 aliphatic heterocycles. The van der Waals surface area contributed by atoms with Gasteiger partial charge in [-0.1, -0.05) is 18.2 Å². The number of hydrogen-bond acceptors (Lipinski definition) is 22. The zero-order chi connectivity index (χ0) is 45.0. The third kappa shape index (κ3) is 9.55. The zero-order valence-electron chi connectivity index (χ0n) is 32.9. The van der Waals surface area contributed by atoms with Gasteiger partial charge in [-0.2, -0.15) is 0 Å². The Bertz CT molecular complexity index is 2050. The Morgan fingerprint density at radius 1 is 0.790 bits per heavy atom. The number of para-hydroxylation sites is 2. The van der Waals surface area contributed by atoms with Crippen molar-refractivity contribution in [2.45, 2.75) is 88.0 Å². The minimum atomic E-state index is -1.98. The molecule has 0 saturated carbocycles. The average Bonchev–Trinajstić information content (AvgIpc) is 3.23. The highest BCUT2D eigenvalue weighted by Gasteiger charge is 2.55. The molecular formula is C40H44O22. The number of carbonyl (C=O) groups excluding carboxylic acids is 5. The van der Waals surface area contributed by atoms with Crippen molar-refractivity contribution >= 4 is 29.8 Å². The van der Waals surface area contributed by atoms with Crippen molar-refractivity contribution in [2.75, 3.05) is 19.8 Å². The number of phenols is 3. The summed E-state index contributed by atoms with van der Waals surface area (Å²) in [4.78, 5) is 65.5. The highest BCUT2D eigenvalue weighted by molar-refractivity contribution is 5.94. The molecule has 336 valence electrons. The SMILES string of the molecule is C=C[C@H]1[C@H](O[C@@H]2O[C@H](COC(C)=O)[C@@H](OC(=O)c3cccc(O)c3O[C@@H]3O[C@H](CO)[C@@H](O)[C@H](O)[C@H]3O)[C@H](OC(C)=O)[C@H]2OC(=O)c2cccc(O)c2O)OC=C2C(=O)OCC[C@H]21. The molecule has 0 spiro atoms. The molecule has 13 atom stereocenters. The fourth-order valence-corrected chi connectivity index (χ4v) is 7.23. The lowest BCUT2D eigenvalue weighted by atomic mass is 9.81. The lowest BCUT2D eigenvalue weighted by molar-refractivity contribution is -0.338. The Kier molecular flexibility index (Phi) is 14.2. The molecule has 4 heterocycles. The van der Waals surface area contributed by atoms with E-state index in [4.69, 9.17) is 47.4 Å². The number of rotatable bonds is 13. The summed E-state index contributed by atoms with van der Waals surface area (Å²) < 4.78 is 56.8. The first-order chi connectivity index (χ1) is 29.5. The number of fused-ring (bicyclic) bond motifs is 1. The number of carbonyl (C=O) groups is 5. The lowest BCUT2D eigenvalue weighted by Crippen LogP contribution is -2.64. The maximum Gasteiger partial charge on any atom is 0.342 e. The van der Waals surface area contributed by atoms with Crippen LogP contribution in [0.5, 0.6) is 23.0 Å². The molecule has 0 amide bonds. The van der Waals surface area contributed by atoms with E-state index in [1.807, 2.05) is 0 Å². The molecule has 2 aromatic carbocycles. The van der Waals surface area contributed by atoms with E-state index in [0.717, 1.165) is 44.4 Å². The van der Waals surface area contributed by atoms with E-state index in [2.05, 4.69) is 6.58 Å². The van der Waals surface area contributed by atoms with Gasteiger partial charge in [0.25, 0.3) is 0 Å². The molecule has 2 aromatic rings. The molecule has 7 N–H and O–H groups in total. The van der Waals surface area contributed by atoms with E-state index in [0.29, 0.717) is 6.42 Å². The highest BCUT2D eigenvalue weighted by atomic mass is 16.8. The van der Waals surface area contributed by atoms with Gasteiger partial charge in [0.2, 0.25) is 18.9 Å². The van der Waals surface area contributed by atoms with Crippen molar-refractivity contribution in [3.8, 4) is 23.0 Å². The summed E-state index contributed by atoms with van der Waals surface area (Å²) in [6.45, 7) is 4.34. The number of aliphatic hydroxyl groups is 4. The van der Waals surface area contributed by atoms with Gasteiger partial charge in [0, 0.05) is 25.7 Å². The van der Waals surface area contributed by atoms with Gasteiger partial charge >= 0.3 is 29.8 Å². The third-order valence-corrected chi connectivity index (χ3v) is 10.3. The largest absolute Gasteiger partial charge is 0.504 e. The molecule has 0 radical (unpaired) electrons. The second kappa shape index (κ2) is 19.4. The van der Waals surface area contributed by atoms with Crippen LogP contribution < -0.4 is 4.74 Å². The molecule has 62 heavy (non-hydrogen) atoms. The Morgan fingerprint density at radius 3 is 2.13 bits per heavy atom. The standard InChI is InChI=1S/C40H44O22/c1-4-18-19-11-12-53-35(50)22(19)14-55-38(18)62-40-34(60-36(51)20-7-5-9-23(44)27(20)46)33(56-17(3)43)32(26(58-40)15-54-16(2)42)59-37(52)21-8-6-10-24(45)31(21)61-39-30(49)29(48)28(47)25(13-41)57-39/h4-10,14,18-19,25-26,28-30,32-34,38-41,44-49H,1,11-13,15H2,2-3H3/t18-,19+,25-,26-,28-,29+,30-,32-,33+,34-,38+,39+,40+/m1/s1. The number of aromatic hydroxyl groups is 3. The fourth-order valence-electron chi connectivity index (χ4n) is 7.23. The maximum atomic E-state index is 14.2. The van der Waals surface area contributed by atoms with Crippen LogP contribution in [0.1, 0.15) is 41.0 Å². The van der Waals surface area contributed by atoms with Gasteiger partial charge in [-0.3, -0.25) is 9.59 Å². The lowest BCUT2D eigenvalue weighted by Gasteiger charge is -2.46. The fraction of sp³-hybridized carbons (Fsp3) is 0.475. The highest BCUT2D eigenvalue weighted by Crippen LogP contribution is 2.41. The number of phenolic OH excluding ortho intramolecular Hbond substituents is 3. The van der Waals surface area contributed by atoms with Crippen molar-refractivity contribution in [1.82, 2.24) is 0 Å². The summed E-state index contributed by atoms with van der Waals surface area (Å²) in [5.74, 6) is -9.58. The van der Waals surface area contributed by atoms with Crippen molar-refractivity contribution in [3.63, 3.8) is 0 Å². The van der Waals surface area contributed by atoms with Crippen molar-refractivity contribution < 1.29 is 107 Å².